The molecule has 13 heavy (non-hydrogen) atoms. The van der Waals surface area contributed by atoms with Gasteiger partial charge in [-0.2, -0.15) is 0 Å². The predicted molar refractivity (Wildman–Crippen MR) is 53.1 cm³/mol. The van der Waals surface area contributed by atoms with E-state index >= 15 is 0 Å². The van der Waals surface area contributed by atoms with Gasteiger partial charge < -0.3 is 4.74 Å². The van der Waals surface area contributed by atoms with Gasteiger partial charge in [-0.05, 0) is 12.8 Å². The standard InChI is InChI=1S/C10H21NO2/c1-4-7-9(12)13-10(11,6-3)8-5-2/h4-8,11H2,1-3H3. The van der Waals surface area contributed by atoms with E-state index in [4.69, 9.17) is 10.5 Å². The lowest BCUT2D eigenvalue weighted by molar-refractivity contribution is -0.160. The second-order valence-electron chi connectivity index (χ2n) is 3.39. The average molecular weight is 187 g/mol. The number of carbonyl (C=O) groups excluding carboxylic acids is 1. The van der Waals surface area contributed by atoms with Crippen LogP contribution >= 0.6 is 0 Å². The average Bonchev–Trinajstić information content (AvgIpc) is 2.05. The van der Waals surface area contributed by atoms with E-state index < -0.39 is 5.72 Å². The molecule has 0 aliphatic heterocycles. The normalized spacial score (nSPS) is 15.1. The third kappa shape index (κ3) is 4.88. The summed E-state index contributed by atoms with van der Waals surface area (Å²) in [5.74, 6) is -0.180. The first-order chi connectivity index (χ1) is 6.08. The number of ether oxygens (including phenoxy) is 1. The summed E-state index contributed by atoms with van der Waals surface area (Å²) < 4.78 is 5.21. The maximum absolute atomic E-state index is 11.2. The molecule has 0 aromatic rings. The van der Waals surface area contributed by atoms with Crippen LogP contribution in [0.4, 0.5) is 0 Å². The number of esters is 1. The van der Waals surface area contributed by atoms with Gasteiger partial charge >= 0.3 is 5.97 Å². The minimum atomic E-state index is -0.735. The molecular formula is C10H21NO2. The van der Waals surface area contributed by atoms with Gasteiger partial charge in [-0.3, -0.25) is 10.5 Å². The molecule has 2 N–H and O–H groups in total. The lowest BCUT2D eigenvalue weighted by Gasteiger charge is -2.27. The van der Waals surface area contributed by atoms with Gasteiger partial charge in [0.2, 0.25) is 0 Å². The van der Waals surface area contributed by atoms with Crippen LogP contribution in [0.2, 0.25) is 0 Å². The van der Waals surface area contributed by atoms with E-state index in [9.17, 15) is 4.79 Å². The Hall–Kier alpha value is -0.570. The van der Waals surface area contributed by atoms with Gasteiger partial charge in [-0.15, -0.1) is 0 Å². The monoisotopic (exact) mass is 187 g/mol. The highest BCUT2D eigenvalue weighted by atomic mass is 16.6. The van der Waals surface area contributed by atoms with E-state index in [1.165, 1.54) is 0 Å². The smallest absolute Gasteiger partial charge is 0.307 e. The fourth-order valence-corrected chi connectivity index (χ4v) is 1.21. The molecule has 0 radical (unpaired) electrons. The van der Waals surface area contributed by atoms with Crippen LogP contribution in [0.5, 0.6) is 0 Å². The predicted octanol–water partition coefficient (Wildman–Crippen LogP) is 2.19. The van der Waals surface area contributed by atoms with Crippen LogP contribution in [0.1, 0.15) is 52.9 Å². The van der Waals surface area contributed by atoms with E-state index in [-0.39, 0.29) is 5.97 Å². The summed E-state index contributed by atoms with van der Waals surface area (Å²) in [5.41, 5.74) is 5.16. The third-order valence-corrected chi connectivity index (χ3v) is 2.04. The molecule has 0 heterocycles. The molecule has 0 spiro atoms. The van der Waals surface area contributed by atoms with E-state index in [1.807, 2.05) is 20.8 Å². The first-order valence-corrected chi connectivity index (χ1v) is 5.08. The van der Waals surface area contributed by atoms with Crippen LogP contribution < -0.4 is 5.73 Å². The number of nitrogens with two attached hydrogens (primary N) is 1. The van der Waals surface area contributed by atoms with E-state index in [1.54, 1.807) is 0 Å². The van der Waals surface area contributed by atoms with Gasteiger partial charge in [0, 0.05) is 12.8 Å². The highest BCUT2D eigenvalue weighted by molar-refractivity contribution is 5.69. The minimum Gasteiger partial charge on any atom is -0.444 e. The first-order valence-electron chi connectivity index (χ1n) is 5.08. The lowest BCUT2D eigenvalue weighted by Crippen LogP contribution is -2.43. The third-order valence-electron chi connectivity index (χ3n) is 2.04. The topological polar surface area (TPSA) is 52.3 Å². The first kappa shape index (κ1) is 12.4. The molecule has 78 valence electrons. The van der Waals surface area contributed by atoms with Crippen molar-refractivity contribution in [2.45, 2.75) is 58.6 Å². The zero-order valence-corrected chi connectivity index (χ0v) is 8.93. The van der Waals surface area contributed by atoms with Gasteiger partial charge in [-0.1, -0.05) is 27.2 Å². The van der Waals surface area contributed by atoms with Gasteiger partial charge in [0.15, 0.2) is 5.72 Å². The Morgan fingerprint density at radius 2 is 1.92 bits per heavy atom. The van der Waals surface area contributed by atoms with Crippen LogP contribution in [-0.4, -0.2) is 11.7 Å². The van der Waals surface area contributed by atoms with Crippen molar-refractivity contribution in [2.75, 3.05) is 0 Å². The Labute approximate surface area is 80.6 Å². The molecule has 0 saturated carbocycles. The van der Waals surface area contributed by atoms with Crippen LogP contribution in [0.25, 0.3) is 0 Å². The van der Waals surface area contributed by atoms with Gasteiger partial charge in [0.05, 0.1) is 0 Å². The molecule has 0 aliphatic carbocycles. The molecule has 0 aliphatic rings. The molecule has 0 aromatic heterocycles. The van der Waals surface area contributed by atoms with Crippen molar-refractivity contribution in [3.05, 3.63) is 0 Å². The maximum atomic E-state index is 11.2. The highest BCUT2D eigenvalue weighted by Crippen LogP contribution is 2.16. The second kappa shape index (κ2) is 5.97. The van der Waals surface area contributed by atoms with Crippen molar-refractivity contribution in [1.82, 2.24) is 0 Å². The molecular weight excluding hydrogens is 166 g/mol. The molecule has 0 saturated heterocycles. The fraction of sp³-hybridized carbons (Fsp3) is 0.900. The summed E-state index contributed by atoms with van der Waals surface area (Å²) >= 11 is 0. The molecule has 0 amide bonds. The molecule has 1 unspecified atom stereocenters. The van der Waals surface area contributed by atoms with E-state index in [0.29, 0.717) is 12.8 Å². The van der Waals surface area contributed by atoms with E-state index in [2.05, 4.69) is 0 Å². The zero-order chi connectivity index (χ0) is 10.3. The Balaban J connectivity index is 4.02. The number of carbonyl (C=O) groups is 1. The summed E-state index contributed by atoms with van der Waals surface area (Å²) in [7, 11) is 0. The second-order valence-corrected chi connectivity index (χ2v) is 3.39. The molecule has 3 heteroatoms. The van der Waals surface area contributed by atoms with Crippen LogP contribution in [0.15, 0.2) is 0 Å². The number of rotatable bonds is 6. The van der Waals surface area contributed by atoms with Crippen LogP contribution in [-0.2, 0) is 9.53 Å². The summed E-state index contributed by atoms with van der Waals surface area (Å²) in [6.45, 7) is 5.92. The lowest BCUT2D eigenvalue weighted by atomic mass is 10.1. The van der Waals surface area contributed by atoms with Crippen molar-refractivity contribution in [2.24, 2.45) is 5.73 Å². The Morgan fingerprint density at radius 1 is 1.31 bits per heavy atom. The van der Waals surface area contributed by atoms with E-state index in [0.717, 1.165) is 19.3 Å². The van der Waals surface area contributed by atoms with Gasteiger partial charge in [0.1, 0.15) is 0 Å². The summed E-state index contributed by atoms with van der Waals surface area (Å²) in [6, 6.07) is 0. The Kier molecular flexibility index (Phi) is 5.71. The quantitative estimate of drug-likeness (QED) is 0.512. The Morgan fingerprint density at radius 3 is 2.31 bits per heavy atom. The number of hydrogen-bond donors (Lipinski definition) is 1. The highest BCUT2D eigenvalue weighted by Gasteiger charge is 2.25. The molecule has 0 aromatic carbocycles. The van der Waals surface area contributed by atoms with Crippen molar-refractivity contribution in [1.29, 1.82) is 0 Å². The van der Waals surface area contributed by atoms with Crippen molar-refractivity contribution in [3.8, 4) is 0 Å². The van der Waals surface area contributed by atoms with Gasteiger partial charge in [-0.25, -0.2) is 0 Å². The summed E-state index contributed by atoms with van der Waals surface area (Å²) in [5, 5.41) is 0. The zero-order valence-electron chi connectivity index (χ0n) is 8.93. The minimum absolute atomic E-state index is 0.180. The largest absolute Gasteiger partial charge is 0.444 e. The molecule has 0 rings (SSSR count). The van der Waals surface area contributed by atoms with Crippen molar-refractivity contribution < 1.29 is 9.53 Å². The molecule has 0 fully saturated rings. The maximum Gasteiger partial charge on any atom is 0.307 e. The van der Waals surface area contributed by atoms with Gasteiger partial charge in [0.25, 0.3) is 0 Å². The summed E-state index contributed by atoms with van der Waals surface area (Å²) in [6.07, 6.45) is 3.62. The van der Waals surface area contributed by atoms with Crippen LogP contribution in [0, 0.1) is 0 Å². The van der Waals surface area contributed by atoms with Crippen molar-refractivity contribution in [3.63, 3.8) is 0 Å². The molecule has 3 nitrogen and oxygen atoms in total. The number of hydrogen-bond acceptors (Lipinski definition) is 3. The van der Waals surface area contributed by atoms with Crippen LogP contribution in [0.3, 0.4) is 0 Å². The molecule has 1 atom stereocenters. The Bertz CT molecular complexity index is 159. The molecule has 0 bridgehead atoms. The summed E-state index contributed by atoms with van der Waals surface area (Å²) in [4.78, 5) is 11.2. The van der Waals surface area contributed by atoms with Crippen molar-refractivity contribution >= 4 is 5.97 Å². The SMILES string of the molecule is CCCC(=O)OC(N)(CC)CCC. The fourth-order valence-electron chi connectivity index (χ4n) is 1.21.